The van der Waals surface area contributed by atoms with Crippen molar-refractivity contribution in [2.24, 2.45) is 4.99 Å². The minimum atomic E-state index is 0. The molecule has 1 heterocycles. The minimum absolute atomic E-state index is 0. The van der Waals surface area contributed by atoms with E-state index in [9.17, 15) is 0 Å². The summed E-state index contributed by atoms with van der Waals surface area (Å²) in [6, 6.07) is 5.88. The monoisotopic (exact) mass is 406 g/mol. The van der Waals surface area contributed by atoms with Gasteiger partial charge in [-0.1, -0.05) is 6.07 Å². The second-order valence-electron chi connectivity index (χ2n) is 4.50. The van der Waals surface area contributed by atoms with Crippen molar-refractivity contribution in [3.8, 4) is 0 Å². The van der Waals surface area contributed by atoms with Crippen LogP contribution in [0.15, 0.2) is 29.4 Å². The first-order valence-corrected chi connectivity index (χ1v) is 7.28. The van der Waals surface area contributed by atoms with Gasteiger partial charge in [-0.2, -0.15) is 0 Å². The summed E-state index contributed by atoms with van der Waals surface area (Å²) in [5, 5.41) is 6.58. The second kappa shape index (κ2) is 14.1. The number of methoxy groups -OCH3 is 1. The zero-order valence-electron chi connectivity index (χ0n) is 13.0. The molecule has 0 unspecified atom stereocenters. The van der Waals surface area contributed by atoms with Gasteiger partial charge in [0.15, 0.2) is 5.96 Å². The second-order valence-corrected chi connectivity index (χ2v) is 4.50. The average Bonchev–Trinajstić information content (AvgIpc) is 2.49. The summed E-state index contributed by atoms with van der Waals surface area (Å²) in [6.45, 7) is 5.29. The van der Waals surface area contributed by atoms with Crippen molar-refractivity contribution in [2.45, 2.75) is 32.7 Å². The third-order valence-corrected chi connectivity index (χ3v) is 2.79. The van der Waals surface area contributed by atoms with Crippen molar-refractivity contribution in [2.75, 3.05) is 26.8 Å². The summed E-state index contributed by atoms with van der Waals surface area (Å²) < 4.78 is 5.03. The summed E-state index contributed by atoms with van der Waals surface area (Å²) in [6.07, 6.45) is 5.19. The lowest BCUT2D eigenvalue weighted by Gasteiger charge is -2.11. The topological polar surface area (TPSA) is 58.5 Å². The highest BCUT2D eigenvalue weighted by Gasteiger charge is 1.97. The molecule has 0 bridgehead atoms. The molecule has 0 amide bonds. The van der Waals surface area contributed by atoms with Crippen LogP contribution in [-0.2, 0) is 11.3 Å². The van der Waals surface area contributed by atoms with Crippen molar-refractivity contribution in [3.05, 3.63) is 30.1 Å². The highest BCUT2D eigenvalue weighted by molar-refractivity contribution is 14.0. The van der Waals surface area contributed by atoms with Gasteiger partial charge in [-0.05, 0) is 38.3 Å². The third-order valence-electron chi connectivity index (χ3n) is 2.79. The van der Waals surface area contributed by atoms with Crippen molar-refractivity contribution >= 4 is 29.9 Å². The van der Waals surface area contributed by atoms with Gasteiger partial charge in [0.05, 0.1) is 12.2 Å². The van der Waals surface area contributed by atoms with Gasteiger partial charge < -0.3 is 15.4 Å². The molecule has 1 aromatic heterocycles. The predicted molar refractivity (Wildman–Crippen MR) is 98.2 cm³/mol. The molecule has 2 N–H and O–H groups in total. The number of halogens is 1. The summed E-state index contributed by atoms with van der Waals surface area (Å²) in [4.78, 5) is 8.79. The Balaban J connectivity index is 0.00000400. The molecule has 0 aromatic carbocycles. The average molecular weight is 406 g/mol. The van der Waals surface area contributed by atoms with E-state index in [2.05, 4.69) is 27.5 Å². The third kappa shape index (κ3) is 10.5. The smallest absolute Gasteiger partial charge is 0.191 e. The number of guanidine groups is 1. The molecule has 0 saturated carbocycles. The highest BCUT2D eigenvalue weighted by atomic mass is 127. The maximum Gasteiger partial charge on any atom is 0.191 e. The van der Waals surface area contributed by atoms with Crippen LogP contribution in [0.4, 0.5) is 0 Å². The van der Waals surface area contributed by atoms with E-state index in [0.29, 0.717) is 6.54 Å². The van der Waals surface area contributed by atoms with Crippen LogP contribution in [0.2, 0.25) is 0 Å². The SMILES string of the molecule is CCNC(=NCc1ccccn1)NCCCCCOC.I. The Labute approximate surface area is 145 Å². The summed E-state index contributed by atoms with van der Waals surface area (Å²) in [5.74, 6) is 0.852. The van der Waals surface area contributed by atoms with E-state index in [-0.39, 0.29) is 24.0 Å². The van der Waals surface area contributed by atoms with E-state index in [1.54, 1.807) is 13.3 Å². The van der Waals surface area contributed by atoms with Crippen molar-refractivity contribution < 1.29 is 4.74 Å². The Morgan fingerprint density at radius 1 is 1.24 bits per heavy atom. The molecule has 0 aliphatic carbocycles. The summed E-state index contributed by atoms with van der Waals surface area (Å²) in [7, 11) is 1.74. The Morgan fingerprint density at radius 2 is 2.10 bits per heavy atom. The molecule has 21 heavy (non-hydrogen) atoms. The first-order chi connectivity index (χ1) is 9.86. The van der Waals surface area contributed by atoms with Gasteiger partial charge in [-0.3, -0.25) is 4.98 Å². The minimum Gasteiger partial charge on any atom is -0.385 e. The number of pyridine rings is 1. The molecule has 0 aliphatic rings. The lowest BCUT2D eigenvalue weighted by Crippen LogP contribution is -2.37. The standard InChI is InChI=1S/C15H26N4O.HI/c1-3-16-15(18-11-6-4-8-12-20-2)19-13-14-9-5-7-10-17-14;/h5,7,9-10H,3-4,6,8,11-13H2,1-2H3,(H2,16,18,19);1H. The lowest BCUT2D eigenvalue weighted by atomic mass is 10.2. The van der Waals surface area contributed by atoms with Gasteiger partial charge >= 0.3 is 0 Å². The van der Waals surface area contributed by atoms with Gasteiger partial charge in [0.25, 0.3) is 0 Å². The fourth-order valence-corrected chi connectivity index (χ4v) is 1.75. The fourth-order valence-electron chi connectivity index (χ4n) is 1.75. The van der Waals surface area contributed by atoms with Crippen LogP contribution < -0.4 is 10.6 Å². The van der Waals surface area contributed by atoms with Crippen LogP contribution in [0, 0.1) is 0 Å². The Bertz CT molecular complexity index is 373. The number of ether oxygens (including phenoxy) is 1. The highest BCUT2D eigenvalue weighted by Crippen LogP contribution is 1.96. The Morgan fingerprint density at radius 3 is 2.76 bits per heavy atom. The number of hydrogen-bond donors (Lipinski definition) is 2. The maximum atomic E-state index is 5.03. The number of nitrogens with one attached hydrogen (secondary N) is 2. The molecule has 5 nitrogen and oxygen atoms in total. The van der Waals surface area contributed by atoms with E-state index in [1.807, 2.05) is 18.2 Å². The maximum absolute atomic E-state index is 5.03. The number of hydrogen-bond acceptors (Lipinski definition) is 3. The molecule has 1 rings (SSSR count). The normalized spacial score (nSPS) is 10.9. The number of nitrogens with zero attached hydrogens (tertiary/aromatic N) is 2. The largest absolute Gasteiger partial charge is 0.385 e. The number of aromatic nitrogens is 1. The predicted octanol–water partition coefficient (Wildman–Crippen LogP) is 2.57. The Hall–Kier alpha value is -0.890. The first kappa shape index (κ1) is 20.1. The van der Waals surface area contributed by atoms with E-state index in [0.717, 1.165) is 44.2 Å². The van der Waals surface area contributed by atoms with Crippen LogP contribution in [0.5, 0.6) is 0 Å². The molecule has 0 saturated heterocycles. The van der Waals surface area contributed by atoms with Gasteiger partial charge in [-0.25, -0.2) is 4.99 Å². The molecule has 120 valence electrons. The van der Waals surface area contributed by atoms with Crippen LogP contribution >= 0.6 is 24.0 Å². The molecule has 0 radical (unpaired) electrons. The number of aliphatic imine (C=N–C) groups is 1. The van der Waals surface area contributed by atoms with Gasteiger partial charge in [-0.15, -0.1) is 24.0 Å². The van der Waals surface area contributed by atoms with Gasteiger partial charge in [0, 0.05) is 33.0 Å². The van der Waals surface area contributed by atoms with Crippen molar-refractivity contribution in [1.82, 2.24) is 15.6 Å². The van der Waals surface area contributed by atoms with E-state index < -0.39 is 0 Å². The van der Waals surface area contributed by atoms with Crippen LogP contribution in [0.25, 0.3) is 0 Å². The molecule has 1 aromatic rings. The first-order valence-electron chi connectivity index (χ1n) is 7.28. The van der Waals surface area contributed by atoms with E-state index >= 15 is 0 Å². The van der Waals surface area contributed by atoms with Crippen molar-refractivity contribution in [1.29, 1.82) is 0 Å². The molecule has 0 fully saturated rings. The Kier molecular flexibility index (Phi) is 13.5. The molecular weight excluding hydrogens is 379 g/mol. The lowest BCUT2D eigenvalue weighted by molar-refractivity contribution is 0.192. The molecule has 6 heteroatoms. The van der Waals surface area contributed by atoms with Crippen LogP contribution in [-0.4, -0.2) is 37.7 Å². The van der Waals surface area contributed by atoms with Crippen LogP contribution in [0.3, 0.4) is 0 Å². The zero-order chi connectivity index (χ0) is 14.5. The fraction of sp³-hybridized carbons (Fsp3) is 0.600. The molecule has 0 aliphatic heterocycles. The zero-order valence-corrected chi connectivity index (χ0v) is 15.3. The van der Waals surface area contributed by atoms with Gasteiger partial charge in [0.1, 0.15) is 0 Å². The summed E-state index contributed by atoms with van der Waals surface area (Å²) in [5.41, 5.74) is 0.977. The summed E-state index contributed by atoms with van der Waals surface area (Å²) >= 11 is 0. The van der Waals surface area contributed by atoms with Crippen LogP contribution in [0.1, 0.15) is 31.9 Å². The molecule has 0 atom stereocenters. The molecular formula is C15H27IN4O. The number of unbranched alkanes of at least 4 members (excludes halogenated alkanes) is 2. The number of rotatable bonds is 9. The van der Waals surface area contributed by atoms with Gasteiger partial charge in [0.2, 0.25) is 0 Å². The molecule has 0 spiro atoms. The quantitative estimate of drug-likeness (QED) is 0.287. The van der Waals surface area contributed by atoms with E-state index in [4.69, 9.17) is 4.74 Å². The van der Waals surface area contributed by atoms with Crippen molar-refractivity contribution in [3.63, 3.8) is 0 Å². The van der Waals surface area contributed by atoms with E-state index in [1.165, 1.54) is 6.42 Å².